The number of halogens is 2. The molecule has 0 bridgehead atoms. The van der Waals surface area contributed by atoms with Gasteiger partial charge in [-0.2, -0.15) is 0 Å². The van der Waals surface area contributed by atoms with Gasteiger partial charge < -0.3 is 10.5 Å². The number of benzene rings is 1. The van der Waals surface area contributed by atoms with Gasteiger partial charge in [-0.1, -0.05) is 17.7 Å². The molecule has 2 nitrogen and oxygen atoms in total. The molecule has 0 aliphatic rings. The quantitative estimate of drug-likeness (QED) is 0.909. The van der Waals surface area contributed by atoms with E-state index in [2.05, 4.69) is 6.07 Å². The summed E-state index contributed by atoms with van der Waals surface area (Å²) in [4.78, 5) is 0. The Labute approximate surface area is 109 Å². The van der Waals surface area contributed by atoms with Crippen LogP contribution in [0.3, 0.4) is 0 Å². The lowest BCUT2D eigenvalue weighted by atomic mass is 9.99. The number of nitrogens with two attached hydrogens (primary N) is 1. The minimum absolute atomic E-state index is 0. The van der Waals surface area contributed by atoms with E-state index in [0.717, 1.165) is 23.3 Å². The zero-order valence-corrected chi connectivity index (χ0v) is 11.7. The lowest BCUT2D eigenvalue weighted by molar-refractivity contribution is 0.411. The van der Waals surface area contributed by atoms with Gasteiger partial charge in [-0.05, 0) is 43.9 Å². The van der Waals surface area contributed by atoms with Gasteiger partial charge in [0.25, 0.3) is 0 Å². The Kier molecular flexibility index (Phi) is 6.16. The van der Waals surface area contributed by atoms with E-state index >= 15 is 0 Å². The van der Waals surface area contributed by atoms with Crippen molar-refractivity contribution in [1.82, 2.24) is 0 Å². The summed E-state index contributed by atoms with van der Waals surface area (Å²) >= 11 is 6.22. The molecule has 1 unspecified atom stereocenters. The van der Waals surface area contributed by atoms with Gasteiger partial charge in [0.05, 0.1) is 12.1 Å². The molecule has 4 heteroatoms. The summed E-state index contributed by atoms with van der Waals surface area (Å²) in [5, 5.41) is 0.702. The molecule has 1 aromatic carbocycles. The Morgan fingerprint density at radius 2 is 2.00 bits per heavy atom. The topological polar surface area (TPSA) is 35.2 Å². The van der Waals surface area contributed by atoms with Crippen molar-refractivity contribution in [3.8, 4) is 5.75 Å². The number of hydrogen-bond acceptors (Lipinski definition) is 2. The van der Waals surface area contributed by atoms with Crippen molar-refractivity contribution in [2.75, 3.05) is 7.11 Å². The Morgan fingerprint density at radius 3 is 2.44 bits per heavy atom. The Balaban J connectivity index is 0.00000225. The van der Waals surface area contributed by atoms with Gasteiger partial charge in [-0.15, -0.1) is 12.4 Å². The van der Waals surface area contributed by atoms with Crippen molar-refractivity contribution >= 4 is 24.0 Å². The van der Waals surface area contributed by atoms with E-state index in [1.807, 2.05) is 20.8 Å². The summed E-state index contributed by atoms with van der Waals surface area (Å²) in [5.41, 5.74) is 9.12. The third kappa shape index (κ3) is 3.27. The van der Waals surface area contributed by atoms with Crippen LogP contribution in [-0.2, 0) is 6.42 Å². The molecule has 0 aliphatic heterocycles. The molecule has 0 aliphatic carbocycles. The average Bonchev–Trinajstić information content (AvgIpc) is 2.14. The zero-order chi connectivity index (χ0) is 11.6. The van der Waals surface area contributed by atoms with E-state index in [0.29, 0.717) is 5.02 Å². The normalized spacial score (nSPS) is 11.9. The van der Waals surface area contributed by atoms with Crippen LogP contribution in [0.1, 0.15) is 23.6 Å². The van der Waals surface area contributed by atoms with Crippen LogP contribution in [0, 0.1) is 13.8 Å². The molecule has 16 heavy (non-hydrogen) atoms. The van der Waals surface area contributed by atoms with Crippen molar-refractivity contribution in [1.29, 1.82) is 0 Å². The van der Waals surface area contributed by atoms with Gasteiger partial charge in [0.15, 0.2) is 0 Å². The van der Waals surface area contributed by atoms with Gasteiger partial charge in [0, 0.05) is 6.04 Å². The molecule has 1 atom stereocenters. The maximum atomic E-state index is 6.22. The van der Waals surface area contributed by atoms with Crippen molar-refractivity contribution < 1.29 is 4.74 Å². The van der Waals surface area contributed by atoms with Crippen LogP contribution in [-0.4, -0.2) is 13.2 Å². The average molecular weight is 264 g/mol. The molecule has 0 saturated carbocycles. The molecule has 0 spiro atoms. The number of ether oxygens (including phenoxy) is 1. The highest BCUT2D eigenvalue weighted by molar-refractivity contribution is 6.33. The standard InChI is InChI=1S/C12H18ClNO.ClH/c1-7-5-10(6-8(2)14)9(3)11(13)12(7)15-4;/h5,8H,6,14H2,1-4H3;1H. The summed E-state index contributed by atoms with van der Waals surface area (Å²) in [6.07, 6.45) is 0.844. The minimum atomic E-state index is 0. The summed E-state index contributed by atoms with van der Waals surface area (Å²) in [7, 11) is 1.64. The van der Waals surface area contributed by atoms with Gasteiger partial charge in [-0.25, -0.2) is 0 Å². The molecule has 1 aromatic rings. The highest BCUT2D eigenvalue weighted by Crippen LogP contribution is 2.33. The lowest BCUT2D eigenvalue weighted by Gasteiger charge is -2.15. The Hall–Kier alpha value is -0.440. The van der Waals surface area contributed by atoms with Crippen LogP contribution in [0.2, 0.25) is 5.02 Å². The predicted molar refractivity (Wildman–Crippen MR) is 72.1 cm³/mol. The summed E-state index contributed by atoms with van der Waals surface area (Å²) in [6, 6.07) is 2.25. The van der Waals surface area contributed by atoms with Crippen molar-refractivity contribution in [2.24, 2.45) is 5.73 Å². The Bertz CT molecular complexity index is 365. The maximum Gasteiger partial charge on any atom is 0.140 e. The second kappa shape index (κ2) is 6.33. The second-order valence-electron chi connectivity index (χ2n) is 4.01. The third-order valence-electron chi connectivity index (χ3n) is 2.51. The van der Waals surface area contributed by atoms with Gasteiger partial charge in [-0.3, -0.25) is 0 Å². The van der Waals surface area contributed by atoms with Crippen LogP contribution in [0.25, 0.3) is 0 Å². The number of rotatable bonds is 3. The maximum absolute atomic E-state index is 6.22. The molecule has 0 fully saturated rings. The van der Waals surface area contributed by atoms with Gasteiger partial charge >= 0.3 is 0 Å². The Morgan fingerprint density at radius 1 is 1.44 bits per heavy atom. The largest absolute Gasteiger partial charge is 0.495 e. The van der Waals surface area contributed by atoms with E-state index in [1.165, 1.54) is 5.56 Å². The van der Waals surface area contributed by atoms with Crippen LogP contribution in [0.15, 0.2) is 6.07 Å². The van der Waals surface area contributed by atoms with Crippen molar-refractivity contribution in [3.05, 3.63) is 27.8 Å². The fraction of sp³-hybridized carbons (Fsp3) is 0.500. The van der Waals surface area contributed by atoms with E-state index in [1.54, 1.807) is 7.11 Å². The number of hydrogen-bond donors (Lipinski definition) is 1. The second-order valence-corrected chi connectivity index (χ2v) is 4.38. The van der Waals surface area contributed by atoms with Crippen LogP contribution in [0.4, 0.5) is 0 Å². The molecule has 0 saturated heterocycles. The molecular weight excluding hydrogens is 245 g/mol. The lowest BCUT2D eigenvalue weighted by Crippen LogP contribution is -2.18. The first-order chi connectivity index (χ1) is 6.97. The SMILES string of the molecule is COc1c(C)cc(CC(C)N)c(C)c1Cl.Cl. The molecule has 0 aromatic heterocycles. The monoisotopic (exact) mass is 263 g/mol. The van der Waals surface area contributed by atoms with Crippen molar-refractivity contribution in [2.45, 2.75) is 33.2 Å². The van der Waals surface area contributed by atoms with E-state index in [4.69, 9.17) is 22.1 Å². The molecule has 0 amide bonds. The number of methoxy groups -OCH3 is 1. The fourth-order valence-corrected chi connectivity index (χ4v) is 2.08. The molecule has 92 valence electrons. The number of aryl methyl sites for hydroxylation is 1. The fourth-order valence-electron chi connectivity index (χ4n) is 1.73. The summed E-state index contributed by atoms with van der Waals surface area (Å²) < 4.78 is 5.25. The highest BCUT2D eigenvalue weighted by atomic mass is 35.5. The predicted octanol–water partition coefficient (Wildman–Crippen LogP) is 3.28. The zero-order valence-electron chi connectivity index (χ0n) is 10.1. The molecule has 0 radical (unpaired) electrons. The van der Waals surface area contributed by atoms with Gasteiger partial charge in [0.2, 0.25) is 0 Å². The van der Waals surface area contributed by atoms with Crippen LogP contribution in [0.5, 0.6) is 5.75 Å². The van der Waals surface area contributed by atoms with Crippen LogP contribution >= 0.6 is 24.0 Å². The van der Waals surface area contributed by atoms with E-state index in [-0.39, 0.29) is 18.4 Å². The molecular formula is C12H19Cl2NO. The van der Waals surface area contributed by atoms with Gasteiger partial charge in [0.1, 0.15) is 5.75 Å². The first-order valence-electron chi connectivity index (χ1n) is 5.05. The smallest absolute Gasteiger partial charge is 0.140 e. The van der Waals surface area contributed by atoms with E-state index < -0.39 is 0 Å². The molecule has 0 heterocycles. The molecule has 1 rings (SSSR count). The highest BCUT2D eigenvalue weighted by Gasteiger charge is 2.12. The first kappa shape index (κ1) is 15.6. The van der Waals surface area contributed by atoms with E-state index in [9.17, 15) is 0 Å². The molecule has 2 N–H and O–H groups in total. The summed E-state index contributed by atoms with van der Waals surface area (Å²) in [5.74, 6) is 0.766. The van der Waals surface area contributed by atoms with Crippen molar-refractivity contribution in [3.63, 3.8) is 0 Å². The first-order valence-corrected chi connectivity index (χ1v) is 5.43. The summed E-state index contributed by atoms with van der Waals surface area (Å²) in [6.45, 7) is 5.99. The van der Waals surface area contributed by atoms with Crippen LogP contribution < -0.4 is 10.5 Å². The minimum Gasteiger partial charge on any atom is -0.495 e. The third-order valence-corrected chi connectivity index (χ3v) is 2.96.